The Hall–Kier alpha value is -3.67. The summed E-state index contributed by atoms with van der Waals surface area (Å²) in [5, 5.41) is 14.2. The number of guanidine groups is 1. The number of primary amides is 1. The summed E-state index contributed by atoms with van der Waals surface area (Å²) in [5.74, 6) is -3.43. The first kappa shape index (κ1) is 26.4. The molecule has 0 saturated carbocycles. The van der Waals surface area contributed by atoms with Crippen LogP contribution in [0.5, 0.6) is 0 Å². The number of nitrogens with one attached hydrogen (secondary N) is 2. The molecule has 0 aliphatic rings. The van der Waals surface area contributed by atoms with Crippen molar-refractivity contribution in [1.29, 1.82) is 0 Å². The van der Waals surface area contributed by atoms with Crippen molar-refractivity contribution in [2.75, 3.05) is 6.54 Å². The lowest BCUT2D eigenvalue weighted by atomic mass is 10.0. The second-order valence-electron chi connectivity index (χ2n) is 7.21. The molecule has 0 heterocycles. The molecule has 0 radical (unpaired) electrons. The van der Waals surface area contributed by atoms with Crippen LogP contribution in [0.3, 0.4) is 0 Å². The molecule has 32 heavy (non-hydrogen) atoms. The quantitative estimate of drug-likeness (QED) is 0.0945. The average molecular weight is 450 g/mol. The summed E-state index contributed by atoms with van der Waals surface area (Å²) >= 11 is 0. The SMILES string of the molecule is NC(=O)CC[C@H](NC(=O)[C@@H](N)Cc1ccccc1)C(=O)N[C@@H](CCCN=C(N)N)C(=O)O. The topological polar surface area (TPSA) is 229 Å². The standard InChI is InChI=1S/C20H31N7O5/c21-13(11-12-5-2-1-3-6-12)17(29)26-14(8-9-16(22)28)18(30)27-15(19(31)32)7-4-10-25-20(23)24/h1-3,5-6,13-15H,4,7-11,21H2,(H2,22,28)(H,26,29)(H,27,30)(H,31,32)(H4,23,24,25)/t13-,14-,15-/m0/s1. The van der Waals surface area contributed by atoms with Gasteiger partial charge in [-0.25, -0.2) is 4.79 Å². The highest BCUT2D eigenvalue weighted by atomic mass is 16.4. The van der Waals surface area contributed by atoms with Crippen LogP contribution in [0.15, 0.2) is 35.3 Å². The molecule has 176 valence electrons. The highest BCUT2D eigenvalue weighted by Gasteiger charge is 2.28. The number of amides is 3. The third kappa shape index (κ3) is 10.4. The molecule has 0 fully saturated rings. The Bertz CT molecular complexity index is 812. The largest absolute Gasteiger partial charge is 0.480 e. The van der Waals surface area contributed by atoms with Crippen LogP contribution < -0.4 is 33.6 Å². The van der Waals surface area contributed by atoms with E-state index in [4.69, 9.17) is 22.9 Å². The van der Waals surface area contributed by atoms with Crippen LogP contribution in [0.4, 0.5) is 0 Å². The van der Waals surface area contributed by atoms with E-state index in [1.165, 1.54) is 0 Å². The first-order chi connectivity index (χ1) is 15.1. The molecule has 12 heteroatoms. The number of nitrogens with zero attached hydrogens (tertiary/aromatic N) is 1. The van der Waals surface area contributed by atoms with Gasteiger partial charge < -0.3 is 38.7 Å². The molecule has 0 aliphatic heterocycles. The molecule has 12 nitrogen and oxygen atoms in total. The third-order valence-corrected chi connectivity index (χ3v) is 4.51. The Labute approximate surface area is 185 Å². The van der Waals surface area contributed by atoms with Gasteiger partial charge in [0.25, 0.3) is 0 Å². The molecule has 11 N–H and O–H groups in total. The molecule has 1 aromatic rings. The zero-order valence-electron chi connectivity index (χ0n) is 17.7. The van der Waals surface area contributed by atoms with Gasteiger partial charge in [-0.15, -0.1) is 0 Å². The van der Waals surface area contributed by atoms with Crippen molar-refractivity contribution in [2.24, 2.45) is 27.9 Å². The van der Waals surface area contributed by atoms with Gasteiger partial charge in [0.15, 0.2) is 5.96 Å². The van der Waals surface area contributed by atoms with E-state index in [2.05, 4.69) is 15.6 Å². The summed E-state index contributed by atoms with van der Waals surface area (Å²) < 4.78 is 0. The van der Waals surface area contributed by atoms with Gasteiger partial charge in [-0.2, -0.15) is 0 Å². The number of carbonyl (C=O) groups is 4. The molecule has 3 atom stereocenters. The number of carboxylic acids is 1. The van der Waals surface area contributed by atoms with Crippen molar-refractivity contribution in [1.82, 2.24) is 10.6 Å². The molecule has 0 saturated heterocycles. The fraction of sp³-hybridized carbons (Fsp3) is 0.450. The van der Waals surface area contributed by atoms with Crippen LogP contribution in [0.1, 0.15) is 31.2 Å². The van der Waals surface area contributed by atoms with Crippen molar-refractivity contribution in [3.63, 3.8) is 0 Å². The normalized spacial score (nSPS) is 13.3. The minimum atomic E-state index is -1.26. The minimum absolute atomic E-state index is 0.0574. The number of carboxylic acid groups (broad SMARTS) is 1. The van der Waals surface area contributed by atoms with E-state index in [1.807, 2.05) is 30.3 Å². The van der Waals surface area contributed by atoms with Crippen LogP contribution in [0.2, 0.25) is 0 Å². The number of rotatable bonds is 14. The molecule has 0 aromatic heterocycles. The fourth-order valence-corrected chi connectivity index (χ4v) is 2.83. The zero-order valence-corrected chi connectivity index (χ0v) is 17.7. The number of aliphatic imine (C=N–C) groups is 1. The lowest BCUT2D eigenvalue weighted by Crippen LogP contribution is -2.55. The van der Waals surface area contributed by atoms with E-state index < -0.39 is 41.8 Å². The van der Waals surface area contributed by atoms with Crippen molar-refractivity contribution in [3.8, 4) is 0 Å². The molecule has 0 spiro atoms. The number of benzene rings is 1. The van der Waals surface area contributed by atoms with Crippen molar-refractivity contribution < 1.29 is 24.3 Å². The Morgan fingerprint density at radius 2 is 1.56 bits per heavy atom. The van der Waals surface area contributed by atoms with Crippen LogP contribution in [0.25, 0.3) is 0 Å². The maximum Gasteiger partial charge on any atom is 0.326 e. The number of nitrogens with two attached hydrogens (primary N) is 4. The van der Waals surface area contributed by atoms with E-state index >= 15 is 0 Å². The Morgan fingerprint density at radius 3 is 2.12 bits per heavy atom. The van der Waals surface area contributed by atoms with Gasteiger partial charge in [0.2, 0.25) is 17.7 Å². The summed E-state index contributed by atoms with van der Waals surface area (Å²) in [6, 6.07) is 5.70. The van der Waals surface area contributed by atoms with Crippen molar-refractivity contribution >= 4 is 29.7 Å². The van der Waals surface area contributed by atoms with E-state index in [0.717, 1.165) is 5.56 Å². The smallest absolute Gasteiger partial charge is 0.326 e. The van der Waals surface area contributed by atoms with Crippen LogP contribution in [-0.4, -0.2) is 59.4 Å². The number of carbonyl (C=O) groups excluding carboxylic acids is 3. The summed E-state index contributed by atoms with van der Waals surface area (Å²) in [4.78, 5) is 51.6. The Morgan fingerprint density at radius 1 is 0.938 bits per heavy atom. The first-order valence-electron chi connectivity index (χ1n) is 10.1. The lowest BCUT2D eigenvalue weighted by Gasteiger charge is -2.22. The first-order valence-corrected chi connectivity index (χ1v) is 10.1. The van der Waals surface area contributed by atoms with Crippen LogP contribution in [0, 0.1) is 0 Å². The fourth-order valence-electron chi connectivity index (χ4n) is 2.83. The van der Waals surface area contributed by atoms with Crippen LogP contribution in [-0.2, 0) is 25.6 Å². The highest BCUT2D eigenvalue weighted by Crippen LogP contribution is 2.05. The predicted octanol–water partition coefficient (Wildman–Crippen LogP) is -2.07. The number of hydrogen-bond donors (Lipinski definition) is 7. The van der Waals surface area contributed by atoms with Crippen molar-refractivity contribution in [2.45, 2.75) is 50.2 Å². The maximum atomic E-state index is 12.7. The summed E-state index contributed by atoms with van der Waals surface area (Å²) in [6.45, 7) is 0.193. The van der Waals surface area contributed by atoms with Gasteiger partial charge in [0.1, 0.15) is 12.1 Å². The minimum Gasteiger partial charge on any atom is -0.480 e. The second-order valence-corrected chi connectivity index (χ2v) is 7.21. The number of aliphatic carboxylic acids is 1. The summed E-state index contributed by atoms with van der Waals surface area (Å²) in [6.07, 6.45) is 0.302. The Balaban J connectivity index is 2.78. The predicted molar refractivity (Wildman–Crippen MR) is 118 cm³/mol. The highest BCUT2D eigenvalue weighted by molar-refractivity contribution is 5.92. The maximum absolute atomic E-state index is 12.7. The summed E-state index contributed by atoms with van der Waals surface area (Å²) in [5.41, 5.74) is 22.4. The van der Waals surface area contributed by atoms with E-state index in [0.29, 0.717) is 6.42 Å². The van der Waals surface area contributed by atoms with Gasteiger partial charge in [-0.1, -0.05) is 30.3 Å². The molecule has 0 aliphatic carbocycles. The second kappa shape index (κ2) is 13.6. The van der Waals surface area contributed by atoms with E-state index in [9.17, 15) is 24.3 Å². The van der Waals surface area contributed by atoms with E-state index in [1.54, 1.807) is 0 Å². The Kier molecular flexibility index (Phi) is 11.2. The zero-order chi connectivity index (χ0) is 24.1. The molecule has 3 amide bonds. The number of hydrogen-bond acceptors (Lipinski definition) is 6. The monoisotopic (exact) mass is 449 g/mol. The molecule has 1 aromatic carbocycles. The molecule has 1 rings (SSSR count). The van der Waals surface area contributed by atoms with Gasteiger partial charge in [-0.05, 0) is 31.2 Å². The van der Waals surface area contributed by atoms with Gasteiger partial charge in [-0.3, -0.25) is 19.4 Å². The third-order valence-electron chi connectivity index (χ3n) is 4.51. The molecular weight excluding hydrogens is 418 g/mol. The molecule has 0 bridgehead atoms. The van der Waals surface area contributed by atoms with Crippen molar-refractivity contribution in [3.05, 3.63) is 35.9 Å². The molecular formula is C20H31N7O5. The average Bonchev–Trinajstić information content (AvgIpc) is 2.73. The van der Waals surface area contributed by atoms with E-state index in [-0.39, 0.29) is 38.2 Å². The van der Waals surface area contributed by atoms with Crippen LogP contribution >= 0.6 is 0 Å². The van der Waals surface area contributed by atoms with Gasteiger partial charge >= 0.3 is 5.97 Å². The molecule has 0 unspecified atom stereocenters. The van der Waals surface area contributed by atoms with Gasteiger partial charge in [0, 0.05) is 13.0 Å². The summed E-state index contributed by atoms with van der Waals surface area (Å²) in [7, 11) is 0. The lowest BCUT2D eigenvalue weighted by molar-refractivity contribution is -0.142. The van der Waals surface area contributed by atoms with Gasteiger partial charge in [0.05, 0.1) is 6.04 Å².